The van der Waals surface area contributed by atoms with Crippen molar-refractivity contribution in [2.75, 3.05) is 5.32 Å². The van der Waals surface area contributed by atoms with Crippen LogP contribution in [0.5, 0.6) is 0 Å². The fourth-order valence-corrected chi connectivity index (χ4v) is 2.36. The highest BCUT2D eigenvalue weighted by Crippen LogP contribution is 2.36. The number of hydrogen-bond donors (Lipinski definition) is 1. The molecule has 104 valence electrons. The van der Waals surface area contributed by atoms with Gasteiger partial charge >= 0.3 is 0 Å². The molecule has 1 heterocycles. The standard InChI is InChI=1S/C15H17N3O2/c1-10-15(18-20-17-10)16-14(19)9-11-5-7-13(8-6-11)12-3-2-4-12/h5-8,12H,2-4,9H2,1H3,(H,16,18,19). The number of hydrogen-bond acceptors (Lipinski definition) is 4. The molecular weight excluding hydrogens is 254 g/mol. The summed E-state index contributed by atoms with van der Waals surface area (Å²) in [6.45, 7) is 1.74. The number of carbonyl (C=O) groups is 1. The van der Waals surface area contributed by atoms with Crippen molar-refractivity contribution in [2.45, 2.75) is 38.5 Å². The fraction of sp³-hybridized carbons (Fsp3) is 0.400. The Kier molecular flexibility index (Phi) is 3.50. The minimum Gasteiger partial charge on any atom is -0.306 e. The van der Waals surface area contributed by atoms with E-state index in [1.165, 1.54) is 24.8 Å². The Balaban J connectivity index is 1.59. The maximum absolute atomic E-state index is 11.9. The van der Waals surface area contributed by atoms with Crippen molar-refractivity contribution in [2.24, 2.45) is 0 Å². The van der Waals surface area contributed by atoms with Crippen molar-refractivity contribution >= 4 is 11.7 Å². The number of rotatable bonds is 4. The summed E-state index contributed by atoms with van der Waals surface area (Å²) in [6, 6.07) is 8.33. The quantitative estimate of drug-likeness (QED) is 0.928. The number of nitrogens with one attached hydrogen (secondary N) is 1. The van der Waals surface area contributed by atoms with Crippen LogP contribution >= 0.6 is 0 Å². The molecule has 0 bridgehead atoms. The van der Waals surface area contributed by atoms with Crippen LogP contribution in [-0.2, 0) is 11.2 Å². The van der Waals surface area contributed by atoms with E-state index in [4.69, 9.17) is 0 Å². The predicted molar refractivity (Wildman–Crippen MR) is 74.4 cm³/mol. The van der Waals surface area contributed by atoms with Crippen molar-refractivity contribution in [3.63, 3.8) is 0 Å². The van der Waals surface area contributed by atoms with Crippen LogP contribution in [0.3, 0.4) is 0 Å². The summed E-state index contributed by atoms with van der Waals surface area (Å²) < 4.78 is 4.54. The first-order chi connectivity index (χ1) is 9.72. The zero-order valence-corrected chi connectivity index (χ0v) is 11.4. The van der Waals surface area contributed by atoms with Crippen LogP contribution in [0, 0.1) is 6.92 Å². The van der Waals surface area contributed by atoms with Crippen LogP contribution in [0.15, 0.2) is 28.9 Å². The van der Waals surface area contributed by atoms with Gasteiger partial charge in [-0.25, -0.2) is 4.63 Å². The van der Waals surface area contributed by atoms with Crippen molar-refractivity contribution < 1.29 is 9.42 Å². The highest BCUT2D eigenvalue weighted by Gasteiger charge is 2.19. The number of aryl methyl sites for hydroxylation is 1. The Hall–Kier alpha value is -2.17. The number of amides is 1. The van der Waals surface area contributed by atoms with Gasteiger partial charge in [-0.2, -0.15) is 0 Å². The zero-order valence-electron chi connectivity index (χ0n) is 11.4. The third kappa shape index (κ3) is 2.71. The van der Waals surface area contributed by atoms with Gasteiger partial charge in [0.25, 0.3) is 0 Å². The lowest BCUT2D eigenvalue weighted by Crippen LogP contribution is -2.15. The zero-order chi connectivity index (χ0) is 13.9. The summed E-state index contributed by atoms with van der Waals surface area (Å²) in [4.78, 5) is 11.9. The average Bonchev–Trinajstić information content (AvgIpc) is 2.75. The second-order valence-electron chi connectivity index (χ2n) is 5.29. The van der Waals surface area contributed by atoms with Gasteiger partial charge in [0.2, 0.25) is 5.91 Å². The molecule has 1 aromatic carbocycles. The molecule has 0 radical (unpaired) electrons. The van der Waals surface area contributed by atoms with Crippen LogP contribution in [0.1, 0.15) is 42.0 Å². The second-order valence-corrected chi connectivity index (χ2v) is 5.29. The van der Waals surface area contributed by atoms with Gasteiger partial charge in [-0.15, -0.1) is 0 Å². The number of nitrogens with zero attached hydrogens (tertiary/aromatic N) is 2. The van der Waals surface area contributed by atoms with Gasteiger partial charge in [-0.05, 0) is 42.0 Å². The number of aromatic nitrogens is 2. The lowest BCUT2D eigenvalue weighted by molar-refractivity contribution is -0.115. The molecule has 1 saturated carbocycles. The summed E-state index contributed by atoms with van der Waals surface area (Å²) in [5, 5.41) is 9.95. The molecule has 3 rings (SSSR count). The summed E-state index contributed by atoms with van der Waals surface area (Å²) in [5.41, 5.74) is 2.97. The number of anilines is 1. The number of benzene rings is 1. The average molecular weight is 271 g/mol. The van der Waals surface area contributed by atoms with E-state index in [1.54, 1.807) is 6.92 Å². The molecule has 0 saturated heterocycles. The van der Waals surface area contributed by atoms with Crippen molar-refractivity contribution in [3.8, 4) is 0 Å². The van der Waals surface area contributed by atoms with Gasteiger partial charge in [-0.1, -0.05) is 35.8 Å². The first-order valence-corrected chi connectivity index (χ1v) is 6.90. The van der Waals surface area contributed by atoms with E-state index in [9.17, 15) is 4.79 Å². The van der Waals surface area contributed by atoms with Crippen LogP contribution < -0.4 is 5.32 Å². The fourth-order valence-electron chi connectivity index (χ4n) is 2.36. The Morgan fingerprint density at radius 3 is 2.60 bits per heavy atom. The Morgan fingerprint density at radius 1 is 1.30 bits per heavy atom. The third-order valence-corrected chi connectivity index (χ3v) is 3.83. The van der Waals surface area contributed by atoms with E-state index in [2.05, 4.69) is 32.4 Å². The molecule has 5 heteroatoms. The molecule has 2 aromatic rings. The van der Waals surface area contributed by atoms with E-state index in [0.717, 1.165) is 11.5 Å². The molecule has 1 fully saturated rings. The monoisotopic (exact) mass is 271 g/mol. The lowest BCUT2D eigenvalue weighted by Gasteiger charge is -2.25. The first-order valence-electron chi connectivity index (χ1n) is 6.90. The van der Waals surface area contributed by atoms with Crippen molar-refractivity contribution in [1.82, 2.24) is 10.3 Å². The number of carbonyl (C=O) groups excluding carboxylic acids is 1. The first kappa shape index (κ1) is 12.8. The van der Waals surface area contributed by atoms with E-state index < -0.39 is 0 Å². The molecular formula is C15H17N3O2. The molecule has 20 heavy (non-hydrogen) atoms. The lowest BCUT2D eigenvalue weighted by atomic mass is 9.80. The summed E-state index contributed by atoms with van der Waals surface area (Å²) >= 11 is 0. The topological polar surface area (TPSA) is 68.0 Å². The molecule has 1 aliphatic rings. The molecule has 0 atom stereocenters. The van der Waals surface area contributed by atoms with Crippen molar-refractivity contribution in [1.29, 1.82) is 0 Å². The smallest absolute Gasteiger partial charge is 0.230 e. The maximum Gasteiger partial charge on any atom is 0.230 e. The highest BCUT2D eigenvalue weighted by molar-refractivity contribution is 5.91. The van der Waals surface area contributed by atoms with Gasteiger partial charge in [0.1, 0.15) is 5.69 Å². The Labute approximate surface area is 117 Å². The summed E-state index contributed by atoms with van der Waals surface area (Å²) in [6.07, 6.45) is 4.24. The van der Waals surface area contributed by atoms with Gasteiger partial charge < -0.3 is 5.32 Å². The normalized spacial score (nSPS) is 14.8. The molecule has 1 aromatic heterocycles. The summed E-state index contributed by atoms with van der Waals surface area (Å²) in [7, 11) is 0. The van der Waals surface area contributed by atoms with Gasteiger partial charge in [-0.3, -0.25) is 4.79 Å². The van der Waals surface area contributed by atoms with E-state index in [1.807, 2.05) is 12.1 Å². The minimum atomic E-state index is -0.111. The van der Waals surface area contributed by atoms with Gasteiger partial charge in [0, 0.05) is 0 Å². The van der Waals surface area contributed by atoms with Gasteiger partial charge in [0.05, 0.1) is 6.42 Å². The molecule has 1 N–H and O–H groups in total. The Morgan fingerprint density at radius 2 is 2.05 bits per heavy atom. The molecule has 0 spiro atoms. The molecule has 1 aliphatic carbocycles. The van der Waals surface area contributed by atoms with E-state index >= 15 is 0 Å². The largest absolute Gasteiger partial charge is 0.306 e. The third-order valence-electron chi connectivity index (χ3n) is 3.83. The minimum absolute atomic E-state index is 0.111. The summed E-state index contributed by atoms with van der Waals surface area (Å²) in [5.74, 6) is 1.00. The Bertz CT molecular complexity index is 600. The van der Waals surface area contributed by atoms with Crippen molar-refractivity contribution in [3.05, 3.63) is 41.1 Å². The predicted octanol–water partition coefficient (Wildman–Crippen LogP) is 2.83. The van der Waals surface area contributed by atoms with Crippen LogP contribution in [0.25, 0.3) is 0 Å². The van der Waals surface area contributed by atoms with Crippen LogP contribution in [0.4, 0.5) is 5.82 Å². The van der Waals surface area contributed by atoms with Crippen LogP contribution in [-0.4, -0.2) is 16.2 Å². The molecule has 0 aliphatic heterocycles. The molecule has 5 nitrogen and oxygen atoms in total. The molecule has 1 amide bonds. The highest BCUT2D eigenvalue weighted by atomic mass is 16.6. The molecule has 0 unspecified atom stereocenters. The SMILES string of the molecule is Cc1nonc1NC(=O)Cc1ccc(C2CCC2)cc1. The van der Waals surface area contributed by atoms with E-state index in [-0.39, 0.29) is 5.91 Å². The second kappa shape index (κ2) is 5.45. The maximum atomic E-state index is 11.9. The van der Waals surface area contributed by atoms with Crippen LogP contribution in [0.2, 0.25) is 0 Å². The van der Waals surface area contributed by atoms with Gasteiger partial charge in [0.15, 0.2) is 5.82 Å². The van der Waals surface area contributed by atoms with E-state index in [0.29, 0.717) is 17.9 Å².